The van der Waals surface area contributed by atoms with Gasteiger partial charge in [0.25, 0.3) is 0 Å². The fraction of sp³-hybridized carbons (Fsp3) is 0.895. The Morgan fingerprint density at radius 3 is 2.58 bits per heavy atom. The molecule has 0 bridgehead atoms. The summed E-state index contributed by atoms with van der Waals surface area (Å²) in [5.74, 6) is 1.47. The molecule has 2 saturated carbocycles. The van der Waals surface area contributed by atoms with Crippen molar-refractivity contribution in [3.63, 3.8) is 0 Å². The summed E-state index contributed by atoms with van der Waals surface area (Å²) in [5.41, 5.74) is -0.116. The lowest BCUT2D eigenvalue weighted by Crippen LogP contribution is -2.73. The van der Waals surface area contributed by atoms with Crippen molar-refractivity contribution in [2.75, 3.05) is 26.7 Å². The van der Waals surface area contributed by atoms with Crippen LogP contribution in [0, 0.1) is 11.3 Å². The Bertz CT molecular complexity index is 590. The van der Waals surface area contributed by atoms with Gasteiger partial charge in [-0.05, 0) is 40.0 Å². The number of hydrogen-bond donors (Lipinski definition) is 2. The molecule has 4 aliphatic rings. The van der Waals surface area contributed by atoms with E-state index in [2.05, 4.69) is 15.6 Å². The molecule has 4 fully saturated rings. The molecular weight excluding hydrogens is 332 g/mol. The van der Waals surface area contributed by atoms with Crippen molar-refractivity contribution in [2.24, 2.45) is 16.3 Å². The number of likely N-dealkylation sites (tertiary alicyclic amines) is 1. The van der Waals surface area contributed by atoms with Crippen LogP contribution in [-0.4, -0.2) is 67.5 Å². The first-order chi connectivity index (χ1) is 12.3. The number of fused-ring (bicyclic) bond motifs is 2. The van der Waals surface area contributed by atoms with Crippen LogP contribution in [0.1, 0.15) is 46.5 Å². The van der Waals surface area contributed by atoms with Gasteiger partial charge in [-0.1, -0.05) is 6.42 Å². The second kappa shape index (κ2) is 6.29. The predicted molar refractivity (Wildman–Crippen MR) is 99.1 cm³/mol. The van der Waals surface area contributed by atoms with Crippen LogP contribution in [0.3, 0.4) is 0 Å². The number of nitrogens with zero attached hydrogens (tertiary/aromatic N) is 2. The van der Waals surface area contributed by atoms with E-state index in [0.29, 0.717) is 36.6 Å². The van der Waals surface area contributed by atoms with Gasteiger partial charge < -0.3 is 25.0 Å². The number of hydrogen-bond acceptors (Lipinski definition) is 4. The van der Waals surface area contributed by atoms with E-state index in [1.807, 2.05) is 27.8 Å². The van der Waals surface area contributed by atoms with Gasteiger partial charge in [-0.15, -0.1) is 0 Å². The van der Waals surface area contributed by atoms with Gasteiger partial charge in [0.2, 0.25) is 0 Å². The molecule has 146 valence electrons. The van der Waals surface area contributed by atoms with Gasteiger partial charge in [0.15, 0.2) is 5.96 Å². The maximum Gasteiger partial charge on any atom is 0.410 e. The molecule has 7 heteroatoms. The largest absolute Gasteiger partial charge is 0.444 e. The lowest BCUT2D eigenvalue weighted by molar-refractivity contribution is -0.171. The fourth-order valence-corrected chi connectivity index (χ4v) is 5.01. The highest BCUT2D eigenvalue weighted by atomic mass is 16.6. The second-order valence-electron chi connectivity index (χ2n) is 9.25. The maximum absolute atomic E-state index is 12.0. The average molecular weight is 364 g/mol. The number of carbonyl (C=O) groups is 1. The van der Waals surface area contributed by atoms with Crippen molar-refractivity contribution in [1.82, 2.24) is 15.5 Å². The molecule has 1 amide bonds. The Morgan fingerprint density at radius 2 is 2.00 bits per heavy atom. The first kappa shape index (κ1) is 17.9. The minimum atomic E-state index is -0.450. The van der Waals surface area contributed by atoms with E-state index in [1.54, 1.807) is 4.90 Å². The summed E-state index contributed by atoms with van der Waals surface area (Å²) in [7, 11) is 1.81. The van der Waals surface area contributed by atoms with Gasteiger partial charge in [0.1, 0.15) is 5.60 Å². The Labute approximate surface area is 155 Å². The topological polar surface area (TPSA) is 75.2 Å². The molecule has 2 N–H and O–H groups in total. The molecule has 2 aliphatic carbocycles. The van der Waals surface area contributed by atoms with Crippen LogP contribution in [0.25, 0.3) is 0 Å². The summed E-state index contributed by atoms with van der Waals surface area (Å²) < 4.78 is 11.4. The number of carbonyl (C=O) groups excluding carboxylic acids is 1. The summed E-state index contributed by atoms with van der Waals surface area (Å²) in [6.45, 7) is 7.87. The van der Waals surface area contributed by atoms with Gasteiger partial charge in [-0.2, -0.15) is 0 Å². The molecule has 2 heterocycles. The Morgan fingerprint density at radius 1 is 1.27 bits per heavy atom. The van der Waals surface area contributed by atoms with Crippen molar-refractivity contribution < 1.29 is 14.3 Å². The van der Waals surface area contributed by atoms with Crippen LogP contribution < -0.4 is 10.6 Å². The molecule has 0 aromatic carbocycles. The van der Waals surface area contributed by atoms with Crippen molar-refractivity contribution in [1.29, 1.82) is 0 Å². The van der Waals surface area contributed by atoms with Crippen molar-refractivity contribution in [3.8, 4) is 0 Å². The number of amides is 1. The third kappa shape index (κ3) is 2.94. The van der Waals surface area contributed by atoms with Crippen molar-refractivity contribution in [2.45, 2.75) is 70.2 Å². The first-order valence-electron chi connectivity index (χ1n) is 9.92. The van der Waals surface area contributed by atoms with E-state index in [9.17, 15) is 4.79 Å². The second-order valence-corrected chi connectivity index (χ2v) is 9.25. The quantitative estimate of drug-likeness (QED) is 0.577. The highest BCUT2D eigenvalue weighted by Crippen LogP contribution is 2.62. The van der Waals surface area contributed by atoms with E-state index in [4.69, 9.17) is 9.47 Å². The number of rotatable bonds is 2. The number of ether oxygens (including phenoxy) is 2. The lowest BCUT2D eigenvalue weighted by Gasteiger charge is -2.63. The normalized spacial score (nSPS) is 33.0. The molecule has 1 spiro atoms. The van der Waals surface area contributed by atoms with Crippen LogP contribution in [0.15, 0.2) is 4.99 Å². The maximum atomic E-state index is 12.0. The van der Waals surface area contributed by atoms with Gasteiger partial charge in [-0.25, -0.2) is 4.79 Å². The molecule has 26 heavy (non-hydrogen) atoms. The first-order valence-corrected chi connectivity index (χ1v) is 9.92. The minimum absolute atomic E-state index is 0.224. The summed E-state index contributed by atoms with van der Waals surface area (Å²) in [4.78, 5) is 18.2. The smallest absolute Gasteiger partial charge is 0.410 e. The highest BCUT2D eigenvalue weighted by molar-refractivity contribution is 5.81. The standard InChI is InChI=1S/C19H32N4O3/c1-18(2,3)26-17(24)23-10-12(11-23)21-16(20-4)22-14-13-6-9-25-15(13)19(14)7-5-8-19/h12-15H,5-11H2,1-4H3,(H2,20,21,22). The van der Waals surface area contributed by atoms with Crippen LogP contribution in [0.5, 0.6) is 0 Å². The zero-order valence-corrected chi connectivity index (χ0v) is 16.4. The molecular formula is C19H32N4O3. The van der Waals surface area contributed by atoms with Gasteiger partial charge in [0, 0.05) is 44.1 Å². The monoisotopic (exact) mass is 364 g/mol. The number of guanidine groups is 1. The zero-order valence-electron chi connectivity index (χ0n) is 16.4. The van der Waals surface area contributed by atoms with Crippen LogP contribution >= 0.6 is 0 Å². The fourth-order valence-electron chi connectivity index (χ4n) is 5.01. The zero-order chi connectivity index (χ0) is 18.5. The third-order valence-corrected chi connectivity index (χ3v) is 6.43. The van der Waals surface area contributed by atoms with E-state index >= 15 is 0 Å². The van der Waals surface area contributed by atoms with Crippen LogP contribution in [0.4, 0.5) is 4.79 Å². The third-order valence-electron chi connectivity index (χ3n) is 6.43. The summed E-state index contributed by atoms with van der Waals surface area (Å²) in [6, 6.07) is 0.693. The van der Waals surface area contributed by atoms with Crippen LogP contribution in [-0.2, 0) is 9.47 Å². The number of aliphatic imine (C=N–C) groups is 1. The predicted octanol–water partition coefficient (Wildman–Crippen LogP) is 1.73. The average Bonchev–Trinajstić information content (AvgIpc) is 2.87. The Hall–Kier alpha value is -1.50. The SMILES string of the molecule is CN=C(NC1CN(C(=O)OC(C)(C)C)C1)NC1C2CCOC2C12CCC2. The number of nitrogens with one attached hydrogen (secondary N) is 2. The Balaban J connectivity index is 1.27. The van der Waals surface area contributed by atoms with Crippen molar-refractivity contribution >= 4 is 12.1 Å². The van der Waals surface area contributed by atoms with E-state index in [-0.39, 0.29) is 12.1 Å². The van der Waals surface area contributed by atoms with E-state index in [0.717, 1.165) is 19.0 Å². The Kier molecular flexibility index (Phi) is 4.33. The summed E-state index contributed by atoms with van der Waals surface area (Å²) in [6.07, 6.45) is 5.20. The molecule has 2 aliphatic heterocycles. The van der Waals surface area contributed by atoms with E-state index < -0.39 is 5.60 Å². The summed E-state index contributed by atoms with van der Waals surface area (Å²) >= 11 is 0. The van der Waals surface area contributed by atoms with Crippen molar-refractivity contribution in [3.05, 3.63) is 0 Å². The molecule has 4 rings (SSSR count). The summed E-state index contributed by atoms with van der Waals surface area (Å²) in [5, 5.41) is 7.14. The molecule has 0 aromatic rings. The van der Waals surface area contributed by atoms with Gasteiger partial charge in [0.05, 0.1) is 12.1 Å². The molecule has 7 nitrogen and oxygen atoms in total. The van der Waals surface area contributed by atoms with Gasteiger partial charge in [-0.3, -0.25) is 4.99 Å². The van der Waals surface area contributed by atoms with Gasteiger partial charge >= 0.3 is 6.09 Å². The molecule has 2 saturated heterocycles. The molecule has 0 aromatic heterocycles. The molecule has 3 atom stereocenters. The molecule has 0 radical (unpaired) electrons. The lowest BCUT2D eigenvalue weighted by atomic mass is 9.46. The molecule has 3 unspecified atom stereocenters. The highest BCUT2D eigenvalue weighted by Gasteiger charge is 2.66. The van der Waals surface area contributed by atoms with Crippen LogP contribution in [0.2, 0.25) is 0 Å². The minimum Gasteiger partial charge on any atom is -0.444 e. The van der Waals surface area contributed by atoms with E-state index in [1.165, 1.54) is 19.3 Å².